The normalized spacial score (nSPS) is 10.2. The van der Waals surface area contributed by atoms with Crippen molar-refractivity contribution in [1.82, 2.24) is 0 Å². The summed E-state index contributed by atoms with van der Waals surface area (Å²) in [6.45, 7) is 3.82. The molecule has 0 aromatic heterocycles. The predicted molar refractivity (Wildman–Crippen MR) is 78.9 cm³/mol. The molecular formula is C17H18O3. The Hall–Kier alpha value is -2.29. The van der Waals surface area contributed by atoms with Crippen molar-refractivity contribution in [2.75, 3.05) is 14.2 Å². The second-order valence-corrected chi connectivity index (χ2v) is 4.69. The minimum atomic E-state index is 0.0188. The molecule has 0 unspecified atom stereocenters. The molecule has 0 heterocycles. The second-order valence-electron chi connectivity index (χ2n) is 4.69. The van der Waals surface area contributed by atoms with Crippen LogP contribution in [0, 0.1) is 13.8 Å². The van der Waals surface area contributed by atoms with Crippen LogP contribution in [0.1, 0.15) is 27.0 Å². The molecule has 0 aliphatic carbocycles. The van der Waals surface area contributed by atoms with Crippen LogP contribution in [0.3, 0.4) is 0 Å². The highest BCUT2D eigenvalue weighted by molar-refractivity contribution is 6.10. The first-order valence-corrected chi connectivity index (χ1v) is 6.40. The van der Waals surface area contributed by atoms with Crippen molar-refractivity contribution in [3.8, 4) is 11.5 Å². The lowest BCUT2D eigenvalue weighted by molar-refractivity contribution is 0.103. The summed E-state index contributed by atoms with van der Waals surface area (Å²) < 4.78 is 10.3. The molecule has 0 saturated carbocycles. The number of hydrogen-bond acceptors (Lipinski definition) is 3. The Balaban J connectivity index is 2.41. The zero-order valence-electron chi connectivity index (χ0n) is 12.2. The molecule has 0 aliphatic heterocycles. The summed E-state index contributed by atoms with van der Waals surface area (Å²) >= 11 is 0. The first-order valence-electron chi connectivity index (χ1n) is 6.40. The summed E-state index contributed by atoms with van der Waals surface area (Å²) in [4.78, 5) is 12.6. The maximum atomic E-state index is 12.6. The number of ketones is 1. The van der Waals surface area contributed by atoms with Gasteiger partial charge in [-0.1, -0.05) is 0 Å². The molecule has 0 fully saturated rings. The highest BCUT2D eigenvalue weighted by Crippen LogP contribution is 2.23. The van der Waals surface area contributed by atoms with Gasteiger partial charge in [0.25, 0.3) is 0 Å². The van der Waals surface area contributed by atoms with Crippen molar-refractivity contribution in [2.45, 2.75) is 13.8 Å². The van der Waals surface area contributed by atoms with Gasteiger partial charge >= 0.3 is 0 Å². The van der Waals surface area contributed by atoms with Crippen LogP contribution in [0.25, 0.3) is 0 Å². The van der Waals surface area contributed by atoms with E-state index in [1.54, 1.807) is 38.5 Å². The van der Waals surface area contributed by atoms with Crippen LogP contribution in [0.15, 0.2) is 36.4 Å². The summed E-state index contributed by atoms with van der Waals surface area (Å²) in [6.07, 6.45) is 0. The van der Waals surface area contributed by atoms with Gasteiger partial charge in [0.05, 0.1) is 14.2 Å². The molecule has 2 rings (SSSR count). The number of aryl methyl sites for hydroxylation is 2. The van der Waals surface area contributed by atoms with E-state index >= 15 is 0 Å². The Morgan fingerprint density at radius 1 is 0.800 bits per heavy atom. The predicted octanol–water partition coefficient (Wildman–Crippen LogP) is 3.55. The Kier molecular flexibility index (Phi) is 4.08. The van der Waals surface area contributed by atoms with Crippen molar-refractivity contribution in [3.63, 3.8) is 0 Å². The molecule has 3 nitrogen and oxygen atoms in total. The summed E-state index contributed by atoms with van der Waals surface area (Å²) in [5.41, 5.74) is 3.20. The molecule has 0 bridgehead atoms. The van der Waals surface area contributed by atoms with E-state index in [1.807, 2.05) is 26.0 Å². The van der Waals surface area contributed by atoms with Crippen LogP contribution in [0.5, 0.6) is 11.5 Å². The van der Waals surface area contributed by atoms with Gasteiger partial charge in [-0.25, -0.2) is 0 Å². The third-order valence-electron chi connectivity index (χ3n) is 3.36. The maximum Gasteiger partial charge on any atom is 0.193 e. The first kappa shape index (κ1) is 14.1. The van der Waals surface area contributed by atoms with Crippen molar-refractivity contribution in [3.05, 3.63) is 58.7 Å². The summed E-state index contributed by atoms with van der Waals surface area (Å²) in [6, 6.07) is 11.0. The SMILES string of the molecule is COc1ccc(C(=O)c2ccc(OC)cc2C)c(C)c1. The van der Waals surface area contributed by atoms with E-state index in [-0.39, 0.29) is 5.78 Å². The van der Waals surface area contributed by atoms with E-state index in [0.29, 0.717) is 11.1 Å². The quantitative estimate of drug-likeness (QED) is 0.797. The van der Waals surface area contributed by atoms with E-state index in [9.17, 15) is 4.79 Å². The van der Waals surface area contributed by atoms with Gasteiger partial charge in [0.1, 0.15) is 11.5 Å². The van der Waals surface area contributed by atoms with E-state index in [4.69, 9.17) is 9.47 Å². The molecule has 3 heteroatoms. The Bertz CT molecular complexity index is 589. The lowest BCUT2D eigenvalue weighted by Gasteiger charge is -2.10. The topological polar surface area (TPSA) is 35.5 Å². The summed E-state index contributed by atoms with van der Waals surface area (Å²) in [5.74, 6) is 1.53. The molecule has 2 aromatic carbocycles. The third-order valence-corrected chi connectivity index (χ3v) is 3.36. The van der Waals surface area contributed by atoms with Crippen LogP contribution < -0.4 is 9.47 Å². The smallest absolute Gasteiger partial charge is 0.193 e. The van der Waals surface area contributed by atoms with Crippen LogP contribution in [0.2, 0.25) is 0 Å². The van der Waals surface area contributed by atoms with E-state index in [2.05, 4.69) is 0 Å². The highest BCUT2D eigenvalue weighted by atomic mass is 16.5. The zero-order valence-corrected chi connectivity index (χ0v) is 12.2. The molecule has 2 aromatic rings. The first-order chi connectivity index (χ1) is 9.56. The van der Waals surface area contributed by atoms with Gasteiger partial charge in [-0.05, 0) is 61.4 Å². The minimum Gasteiger partial charge on any atom is -0.497 e. The van der Waals surface area contributed by atoms with Crippen LogP contribution in [0.4, 0.5) is 0 Å². The molecule has 0 saturated heterocycles. The zero-order chi connectivity index (χ0) is 14.7. The summed E-state index contributed by atoms with van der Waals surface area (Å²) in [5, 5.41) is 0. The fraction of sp³-hybridized carbons (Fsp3) is 0.235. The molecule has 104 valence electrons. The van der Waals surface area contributed by atoms with Gasteiger partial charge in [0.15, 0.2) is 5.78 Å². The highest BCUT2D eigenvalue weighted by Gasteiger charge is 2.15. The largest absolute Gasteiger partial charge is 0.497 e. The summed E-state index contributed by atoms with van der Waals surface area (Å²) in [7, 11) is 3.23. The number of ether oxygens (including phenoxy) is 2. The maximum absolute atomic E-state index is 12.6. The molecule has 0 spiro atoms. The molecule has 0 radical (unpaired) electrons. The molecule has 0 amide bonds. The average Bonchev–Trinajstić information content (AvgIpc) is 2.46. The number of carbonyl (C=O) groups is 1. The van der Waals surface area contributed by atoms with Gasteiger partial charge in [0, 0.05) is 11.1 Å². The number of benzene rings is 2. The fourth-order valence-electron chi connectivity index (χ4n) is 2.18. The van der Waals surface area contributed by atoms with Gasteiger partial charge in [-0.15, -0.1) is 0 Å². The van der Waals surface area contributed by atoms with Gasteiger partial charge in [-0.3, -0.25) is 4.79 Å². The number of hydrogen-bond donors (Lipinski definition) is 0. The Labute approximate surface area is 119 Å². The van der Waals surface area contributed by atoms with E-state index in [1.165, 1.54) is 0 Å². The van der Waals surface area contributed by atoms with Gasteiger partial charge in [0.2, 0.25) is 0 Å². The van der Waals surface area contributed by atoms with Gasteiger partial charge in [-0.2, -0.15) is 0 Å². The number of rotatable bonds is 4. The fourth-order valence-corrected chi connectivity index (χ4v) is 2.18. The lowest BCUT2D eigenvalue weighted by atomic mass is 9.96. The molecule has 0 N–H and O–H groups in total. The Morgan fingerprint density at radius 3 is 1.50 bits per heavy atom. The van der Waals surface area contributed by atoms with Crippen molar-refractivity contribution >= 4 is 5.78 Å². The molecular weight excluding hydrogens is 252 g/mol. The molecule has 20 heavy (non-hydrogen) atoms. The van der Waals surface area contributed by atoms with E-state index in [0.717, 1.165) is 22.6 Å². The lowest BCUT2D eigenvalue weighted by Crippen LogP contribution is -2.06. The Morgan fingerprint density at radius 2 is 1.20 bits per heavy atom. The average molecular weight is 270 g/mol. The molecule has 0 aliphatic rings. The van der Waals surface area contributed by atoms with Crippen LogP contribution in [-0.4, -0.2) is 20.0 Å². The van der Waals surface area contributed by atoms with Crippen molar-refractivity contribution in [1.29, 1.82) is 0 Å². The van der Waals surface area contributed by atoms with E-state index < -0.39 is 0 Å². The van der Waals surface area contributed by atoms with Crippen LogP contribution >= 0.6 is 0 Å². The third kappa shape index (κ3) is 2.67. The van der Waals surface area contributed by atoms with Crippen molar-refractivity contribution < 1.29 is 14.3 Å². The van der Waals surface area contributed by atoms with Crippen LogP contribution in [-0.2, 0) is 0 Å². The molecule has 0 atom stereocenters. The second kappa shape index (κ2) is 5.78. The number of carbonyl (C=O) groups excluding carboxylic acids is 1. The number of methoxy groups -OCH3 is 2. The van der Waals surface area contributed by atoms with Gasteiger partial charge < -0.3 is 9.47 Å². The van der Waals surface area contributed by atoms with Crippen molar-refractivity contribution in [2.24, 2.45) is 0 Å². The standard InChI is InChI=1S/C17H18O3/c1-11-9-13(19-3)5-7-15(11)17(18)16-8-6-14(20-4)10-12(16)2/h5-10H,1-4H3. The minimum absolute atomic E-state index is 0.0188. The monoisotopic (exact) mass is 270 g/mol.